The van der Waals surface area contributed by atoms with Gasteiger partial charge in [0.05, 0.1) is 0 Å². The lowest BCUT2D eigenvalue weighted by molar-refractivity contribution is 0.197. The van der Waals surface area contributed by atoms with Crippen molar-refractivity contribution < 1.29 is 0 Å². The van der Waals surface area contributed by atoms with E-state index < -0.39 is 0 Å². The molecule has 218 valence electrons. The Bertz CT molecular complexity index is 703. The van der Waals surface area contributed by atoms with E-state index in [0.717, 1.165) is 0 Å². The summed E-state index contributed by atoms with van der Waals surface area (Å²) in [6.07, 6.45) is 32.5. The highest BCUT2D eigenvalue weighted by Gasteiger charge is 2.31. The summed E-state index contributed by atoms with van der Waals surface area (Å²) in [5.41, 5.74) is 3.34. The summed E-state index contributed by atoms with van der Waals surface area (Å²) in [6, 6.07) is 11.5. The minimum Gasteiger partial charge on any atom is -0.297 e. The molecule has 1 saturated heterocycles. The summed E-state index contributed by atoms with van der Waals surface area (Å²) in [7, 11) is 0. The summed E-state index contributed by atoms with van der Waals surface area (Å²) in [5, 5.41) is 0. The average Bonchev–Trinajstić information content (AvgIpc) is 3.06. The maximum absolute atomic E-state index is 2.83. The second-order valence-corrected chi connectivity index (χ2v) is 13.3. The van der Waals surface area contributed by atoms with E-state index in [1.165, 1.54) is 153 Å². The number of unbranched alkanes of at least 4 members (excludes halogenated alkanes) is 17. The molecule has 1 heterocycles. The molecule has 0 saturated carbocycles. The highest BCUT2D eigenvalue weighted by Crippen LogP contribution is 2.36. The highest BCUT2D eigenvalue weighted by atomic mass is 15.2. The van der Waals surface area contributed by atoms with Crippen molar-refractivity contribution in [2.45, 2.75) is 169 Å². The molecule has 0 aliphatic carbocycles. The molecule has 1 fully saturated rings. The third kappa shape index (κ3) is 15.5. The van der Waals surface area contributed by atoms with Gasteiger partial charge in [0.15, 0.2) is 0 Å². The summed E-state index contributed by atoms with van der Waals surface area (Å²) < 4.78 is 0. The molecule has 1 aliphatic heterocycles. The first-order chi connectivity index (χ1) is 18.5. The maximum Gasteiger partial charge on any atom is 0.0313 e. The smallest absolute Gasteiger partial charge is 0.0313 e. The van der Waals surface area contributed by atoms with E-state index in [1.54, 1.807) is 5.57 Å². The number of hydrogen-bond acceptors (Lipinski definition) is 1. The molecule has 0 radical (unpaired) electrons. The molecule has 38 heavy (non-hydrogen) atoms. The van der Waals surface area contributed by atoms with Crippen LogP contribution in [0.25, 0.3) is 6.08 Å². The number of hydrogen-bond donors (Lipinski definition) is 0. The second-order valence-electron chi connectivity index (χ2n) is 13.3. The lowest BCUT2D eigenvalue weighted by Gasteiger charge is -2.34. The van der Waals surface area contributed by atoms with Crippen molar-refractivity contribution in [3.63, 3.8) is 0 Å². The van der Waals surface area contributed by atoms with Gasteiger partial charge in [-0.25, -0.2) is 0 Å². The van der Waals surface area contributed by atoms with Crippen LogP contribution in [0.3, 0.4) is 0 Å². The lowest BCUT2D eigenvalue weighted by atomic mass is 9.81. The Morgan fingerprint density at radius 1 is 0.737 bits per heavy atom. The number of benzene rings is 1. The van der Waals surface area contributed by atoms with Crippen LogP contribution in [0.4, 0.5) is 0 Å². The van der Waals surface area contributed by atoms with Crippen molar-refractivity contribution in [3.05, 3.63) is 41.5 Å². The van der Waals surface area contributed by atoms with Crippen molar-refractivity contribution in [1.82, 2.24) is 4.90 Å². The van der Waals surface area contributed by atoms with Crippen molar-refractivity contribution in [2.24, 2.45) is 5.41 Å². The molecule has 0 spiro atoms. The van der Waals surface area contributed by atoms with Crippen molar-refractivity contribution in [3.8, 4) is 0 Å². The van der Waals surface area contributed by atoms with Crippen molar-refractivity contribution in [1.29, 1.82) is 0 Å². The predicted molar refractivity (Wildman–Crippen MR) is 172 cm³/mol. The molecule has 2 rings (SSSR count). The Morgan fingerprint density at radius 3 is 1.71 bits per heavy atom. The lowest BCUT2D eigenvalue weighted by Crippen LogP contribution is -2.38. The molecule has 0 N–H and O–H groups in total. The molecular formula is C37H65N. The maximum atomic E-state index is 2.83. The van der Waals surface area contributed by atoms with Crippen LogP contribution in [-0.2, 0) is 0 Å². The molecule has 1 atom stereocenters. The Morgan fingerprint density at radius 2 is 1.21 bits per heavy atom. The molecular weight excluding hydrogens is 458 g/mol. The Kier molecular flexibility index (Phi) is 18.1. The highest BCUT2D eigenvalue weighted by molar-refractivity contribution is 5.53. The molecule has 0 amide bonds. The fourth-order valence-electron chi connectivity index (χ4n) is 6.51. The van der Waals surface area contributed by atoms with Crippen LogP contribution in [0.15, 0.2) is 35.9 Å². The minimum atomic E-state index is 0.444. The van der Waals surface area contributed by atoms with Gasteiger partial charge in [0.2, 0.25) is 0 Å². The van der Waals surface area contributed by atoms with Crippen molar-refractivity contribution >= 4 is 6.08 Å². The van der Waals surface area contributed by atoms with E-state index in [2.05, 4.69) is 69.0 Å². The largest absolute Gasteiger partial charge is 0.297 e. The van der Waals surface area contributed by atoms with Gasteiger partial charge < -0.3 is 0 Å². The van der Waals surface area contributed by atoms with Crippen LogP contribution in [-0.4, -0.2) is 24.0 Å². The van der Waals surface area contributed by atoms with E-state index in [-0.39, 0.29) is 0 Å². The fraction of sp³-hybridized carbons (Fsp3) is 0.784. The first kappa shape index (κ1) is 33.1. The number of rotatable bonds is 21. The summed E-state index contributed by atoms with van der Waals surface area (Å²) in [5.74, 6) is 0. The molecule has 1 unspecified atom stereocenters. The van der Waals surface area contributed by atoms with Gasteiger partial charge >= 0.3 is 0 Å². The van der Waals surface area contributed by atoms with Gasteiger partial charge in [0, 0.05) is 6.04 Å². The minimum absolute atomic E-state index is 0.444. The van der Waals surface area contributed by atoms with E-state index in [1.807, 2.05) is 0 Å². The third-order valence-corrected chi connectivity index (χ3v) is 9.00. The predicted octanol–water partition coefficient (Wildman–Crippen LogP) is 12.0. The van der Waals surface area contributed by atoms with Gasteiger partial charge in [-0.15, -0.1) is 0 Å². The van der Waals surface area contributed by atoms with Gasteiger partial charge in [-0.05, 0) is 56.7 Å². The van der Waals surface area contributed by atoms with Crippen LogP contribution < -0.4 is 0 Å². The molecule has 1 aromatic rings. The Labute approximate surface area is 239 Å². The zero-order chi connectivity index (χ0) is 27.3. The van der Waals surface area contributed by atoms with Gasteiger partial charge in [-0.1, -0.05) is 172 Å². The van der Waals surface area contributed by atoms with Crippen molar-refractivity contribution in [2.75, 3.05) is 13.1 Å². The topological polar surface area (TPSA) is 3.24 Å². The second kappa shape index (κ2) is 20.8. The first-order valence-corrected chi connectivity index (χ1v) is 17.0. The normalized spacial score (nSPS) is 18.5. The SMILES string of the molecule is CCCCCCCCCCCCCCCCCCCCN1CCCC(C)(C)CC1C(C)=Cc1ccccc1. The van der Waals surface area contributed by atoms with Crippen LogP contribution in [0, 0.1) is 5.41 Å². The van der Waals surface area contributed by atoms with E-state index >= 15 is 0 Å². The monoisotopic (exact) mass is 524 g/mol. The zero-order valence-electron chi connectivity index (χ0n) is 26.3. The van der Waals surface area contributed by atoms with Crippen LogP contribution in [0.5, 0.6) is 0 Å². The molecule has 0 aromatic heterocycles. The molecule has 1 heteroatoms. The van der Waals surface area contributed by atoms with E-state index in [0.29, 0.717) is 11.5 Å². The standard InChI is InChI=1S/C37H65N/c1-5-6-7-8-9-10-11-12-13-14-15-16-17-18-19-20-21-25-30-38-31-26-29-37(3,4)33-36(38)34(2)32-35-27-23-22-24-28-35/h22-24,27-28,32,36H,5-21,25-26,29-31,33H2,1-4H3. The van der Waals surface area contributed by atoms with E-state index in [4.69, 9.17) is 0 Å². The molecule has 1 aliphatic rings. The summed E-state index contributed by atoms with van der Waals surface area (Å²) in [6.45, 7) is 12.2. The zero-order valence-corrected chi connectivity index (χ0v) is 26.3. The average molecular weight is 524 g/mol. The Balaban J connectivity index is 1.52. The van der Waals surface area contributed by atoms with Gasteiger partial charge in [0.25, 0.3) is 0 Å². The van der Waals surface area contributed by atoms with Crippen LogP contribution >= 0.6 is 0 Å². The number of likely N-dealkylation sites (tertiary alicyclic amines) is 1. The van der Waals surface area contributed by atoms with E-state index in [9.17, 15) is 0 Å². The van der Waals surface area contributed by atoms with Gasteiger partial charge in [0.1, 0.15) is 0 Å². The first-order valence-electron chi connectivity index (χ1n) is 17.0. The van der Waals surface area contributed by atoms with Gasteiger partial charge in [-0.2, -0.15) is 0 Å². The molecule has 1 aromatic carbocycles. The van der Waals surface area contributed by atoms with Crippen LogP contribution in [0.2, 0.25) is 0 Å². The Hall–Kier alpha value is -1.08. The third-order valence-electron chi connectivity index (χ3n) is 9.00. The van der Waals surface area contributed by atoms with Gasteiger partial charge in [-0.3, -0.25) is 4.90 Å². The molecule has 0 bridgehead atoms. The number of nitrogens with zero attached hydrogens (tertiary/aromatic N) is 1. The quantitative estimate of drug-likeness (QED) is 0.145. The fourth-order valence-corrected chi connectivity index (χ4v) is 6.51. The molecule has 1 nitrogen and oxygen atoms in total. The summed E-state index contributed by atoms with van der Waals surface area (Å²) in [4.78, 5) is 2.83. The van der Waals surface area contributed by atoms with Crippen LogP contribution in [0.1, 0.15) is 168 Å². The summed E-state index contributed by atoms with van der Waals surface area (Å²) >= 11 is 0.